The molecule has 1 atom stereocenters. The Morgan fingerprint density at radius 3 is 2.90 bits per heavy atom. The van der Waals surface area contributed by atoms with Crippen LogP contribution in [0.5, 0.6) is 0 Å². The maximum absolute atomic E-state index is 11.9. The van der Waals surface area contributed by atoms with Crippen molar-refractivity contribution in [1.29, 1.82) is 0 Å². The molecular weight excluding hydrogens is 272 g/mol. The predicted molar refractivity (Wildman–Crippen MR) is 79.9 cm³/mol. The molecule has 20 heavy (non-hydrogen) atoms. The van der Waals surface area contributed by atoms with Gasteiger partial charge in [0.2, 0.25) is 5.91 Å². The Bertz CT molecular complexity index is 541. The zero-order valence-corrected chi connectivity index (χ0v) is 12.9. The largest absolute Gasteiger partial charge is 0.361 e. The molecule has 1 N–H and O–H groups in total. The van der Waals surface area contributed by atoms with Gasteiger partial charge in [-0.15, -0.1) is 11.3 Å². The number of nitrogens with zero attached hydrogens (tertiary/aromatic N) is 1. The van der Waals surface area contributed by atoms with Crippen molar-refractivity contribution >= 4 is 17.2 Å². The molecule has 0 aliphatic carbocycles. The third-order valence-electron chi connectivity index (χ3n) is 3.28. The molecule has 0 bridgehead atoms. The average Bonchev–Trinajstić information content (AvgIpc) is 2.98. The van der Waals surface area contributed by atoms with Crippen molar-refractivity contribution in [2.45, 2.75) is 46.1 Å². The maximum Gasteiger partial charge on any atom is 0.220 e. The van der Waals surface area contributed by atoms with Gasteiger partial charge in [0.05, 0.1) is 5.69 Å². The van der Waals surface area contributed by atoms with Gasteiger partial charge in [-0.3, -0.25) is 4.79 Å². The number of thiophene rings is 1. The first-order valence-corrected chi connectivity index (χ1v) is 7.67. The second-order valence-corrected chi connectivity index (χ2v) is 6.09. The van der Waals surface area contributed by atoms with E-state index in [9.17, 15) is 4.79 Å². The number of nitrogens with one attached hydrogen (secondary N) is 1. The van der Waals surface area contributed by atoms with Crippen molar-refractivity contribution < 1.29 is 9.32 Å². The summed E-state index contributed by atoms with van der Waals surface area (Å²) in [6.45, 7) is 5.82. The Kier molecular flexibility index (Phi) is 4.95. The van der Waals surface area contributed by atoms with Crippen LogP contribution in [0.2, 0.25) is 0 Å². The second kappa shape index (κ2) is 6.70. The van der Waals surface area contributed by atoms with Crippen molar-refractivity contribution in [2.75, 3.05) is 0 Å². The summed E-state index contributed by atoms with van der Waals surface area (Å²) in [5.74, 6) is 0.885. The van der Waals surface area contributed by atoms with Crippen LogP contribution in [0, 0.1) is 13.8 Å². The number of rotatable bonds is 6. The SMILES string of the molecule is Cc1noc(C)c1CCC(=O)NC(C)Cc1cccs1. The van der Waals surface area contributed by atoms with E-state index in [0.717, 1.165) is 23.4 Å². The zero-order chi connectivity index (χ0) is 14.5. The molecule has 2 aromatic heterocycles. The highest BCUT2D eigenvalue weighted by atomic mass is 32.1. The summed E-state index contributed by atoms with van der Waals surface area (Å²) in [5.41, 5.74) is 1.92. The van der Waals surface area contributed by atoms with Gasteiger partial charge >= 0.3 is 0 Å². The first kappa shape index (κ1) is 14.8. The van der Waals surface area contributed by atoms with Gasteiger partial charge in [-0.2, -0.15) is 0 Å². The third kappa shape index (κ3) is 3.93. The van der Waals surface area contributed by atoms with E-state index in [1.807, 2.05) is 26.8 Å². The minimum absolute atomic E-state index is 0.0778. The van der Waals surface area contributed by atoms with Gasteiger partial charge in [-0.25, -0.2) is 0 Å². The van der Waals surface area contributed by atoms with Crippen molar-refractivity contribution in [3.8, 4) is 0 Å². The van der Waals surface area contributed by atoms with Crippen LogP contribution in [-0.2, 0) is 17.6 Å². The van der Waals surface area contributed by atoms with Crippen LogP contribution in [0.3, 0.4) is 0 Å². The van der Waals surface area contributed by atoms with Crippen LogP contribution in [0.25, 0.3) is 0 Å². The van der Waals surface area contributed by atoms with Crippen molar-refractivity contribution in [3.63, 3.8) is 0 Å². The highest BCUT2D eigenvalue weighted by molar-refractivity contribution is 7.09. The highest BCUT2D eigenvalue weighted by Crippen LogP contribution is 2.14. The van der Waals surface area contributed by atoms with Crippen LogP contribution in [0.1, 0.15) is 35.2 Å². The Balaban J connectivity index is 1.78. The lowest BCUT2D eigenvalue weighted by atomic mass is 10.1. The number of hydrogen-bond acceptors (Lipinski definition) is 4. The van der Waals surface area contributed by atoms with Gasteiger partial charge in [0.25, 0.3) is 0 Å². The quantitative estimate of drug-likeness (QED) is 0.890. The number of amides is 1. The van der Waals surface area contributed by atoms with Crippen LogP contribution >= 0.6 is 11.3 Å². The molecule has 5 heteroatoms. The Labute approximate surface area is 123 Å². The molecule has 0 aromatic carbocycles. The van der Waals surface area contributed by atoms with Crippen molar-refractivity contribution in [1.82, 2.24) is 10.5 Å². The lowest BCUT2D eigenvalue weighted by molar-refractivity contribution is -0.121. The number of aryl methyl sites for hydroxylation is 2. The Hall–Kier alpha value is -1.62. The van der Waals surface area contributed by atoms with Gasteiger partial charge in [0, 0.05) is 29.3 Å². The van der Waals surface area contributed by atoms with E-state index in [2.05, 4.69) is 21.9 Å². The number of carbonyl (C=O) groups excluding carboxylic acids is 1. The molecule has 0 aliphatic heterocycles. The first-order valence-electron chi connectivity index (χ1n) is 6.79. The predicted octanol–water partition coefficient (Wildman–Crippen LogP) is 3.03. The lowest BCUT2D eigenvalue weighted by Crippen LogP contribution is -2.34. The fourth-order valence-electron chi connectivity index (χ4n) is 2.23. The summed E-state index contributed by atoms with van der Waals surface area (Å²) in [6.07, 6.45) is 2.03. The molecule has 2 aromatic rings. The summed E-state index contributed by atoms with van der Waals surface area (Å²) in [6, 6.07) is 4.29. The van der Waals surface area contributed by atoms with E-state index >= 15 is 0 Å². The van der Waals surface area contributed by atoms with Gasteiger partial charge in [-0.1, -0.05) is 11.2 Å². The number of carbonyl (C=O) groups is 1. The minimum Gasteiger partial charge on any atom is -0.361 e. The molecule has 0 radical (unpaired) electrons. The van der Waals surface area contributed by atoms with Crippen molar-refractivity contribution in [3.05, 3.63) is 39.4 Å². The molecule has 0 aliphatic rings. The molecule has 0 fully saturated rings. The van der Waals surface area contributed by atoms with E-state index in [4.69, 9.17) is 4.52 Å². The van der Waals surface area contributed by atoms with E-state index in [-0.39, 0.29) is 11.9 Å². The van der Waals surface area contributed by atoms with Crippen LogP contribution in [0.4, 0.5) is 0 Å². The molecule has 4 nitrogen and oxygen atoms in total. The van der Waals surface area contributed by atoms with Gasteiger partial charge in [0.15, 0.2) is 0 Å². The van der Waals surface area contributed by atoms with Gasteiger partial charge < -0.3 is 9.84 Å². The molecule has 0 saturated heterocycles. The molecular formula is C15H20N2O2S. The smallest absolute Gasteiger partial charge is 0.220 e. The van der Waals surface area contributed by atoms with Crippen LogP contribution < -0.4 is 5.32 Å². The van der Waals surface area contributed by atoms with E-state index < -0.39 is 0 Å². The topological polar surface area (TPSA) is 55.1 Å². The molecule has 1 unspecified atom stereocenters. The average molecular weight is 292 g/mol. The fourth-order valence-corrected chi connectivity index (χ4v) is 3.06. The summed E-state index contributed by atoms with van der Waals surface area (Å²) in [7, 11) is 0. The summed E-state index contributed by atoms with van der Waals surface area (Å²) in [5, 5.41) is 8.99. The Morgan fingerprint density at radius 1 is 1.50 bits per heavy atom. The van der Waals surface area contributed by atoms with Crippen LogP contribution in [0.15, 0.2) is 22.0 Å². The molecule has 0 saturated carbocycles. The Morgan fingerprint density at radius 2 is 2.30 bits per heavy atom. The molecule has 108 valence electrons. The zero-order valence-electron chi connectivity index (χ0n) is 12.1. The number of hydrogen-bond donors (Lipinski definition) is 1. The normalized spacial score (nSPS) is 12.3. The minimum atomic E-state index is 0.0778. The summed E-state index contributed by atoms with van der Waals surface area (Å²) >= 11 is 1.72. The molecule has 1 amide bonds. The lowest BCUT2D eigenvalue weighted by Gasteiger charge is -2.12. The second-order valence-electron chi connectivity index (χ2n) is 5.05. The summed E-state index contributed by atoms with van der Waals surface area (Å²) in [4.78, 5) is 13.2. The molecule has 0 spiro atoms. The first-order chi connectivity index (χ1) is 9.56. The van der Waals surface area contributed by atoms with Gasteiger partial charge in [0.1, 0.15) is 5.76 Å². The maximum atomic E-state index is 11.9. The van der Waals surface area contributed by atoms with E-state index in [0.29, 0.717) is 12.8 Å². The third-order valence-corrected chi connectivity index (χ3v) is 4.18. The standard InChI is InChI=1S/C15H20N2O2S/c1-10(9-13-5-4-8-20-13)16-15(18)7-6-14-11(2)17-19-12(14)3/h4-5,8,10H,6-7,9H2,1-3H3,(H,16,18). The molecule has 2 rings (SSSR count). The summed E-state index contributed by atoms with van der Waals surface area (Å²) < 4.78 is 5.10. The fraction of sp³-hybridized carbons (Fsp3) is 0.467. The van der Waals surface area contributed by atoms with Crippen molar-refractivity contribution in [2.24, 2.45) is 0 Å². The number of aromatic nitrogens is 1. The van der Waals surface area contributed by atoms with Gasteiger partial charge in [-0.05, 0) is 38.6 Å². The monoisotopic (exact) mass is 292 g/mol. The highest BCUT2D eigenvalue weighted by Gasteiger charge is 2.13. The van der Waals surface area contributed by atoms with E-state index in [1.54, 1.807) is 11.3 Å². The van der Waals surface area contributed by atoms with Crippen LogP contribution in [-0.4, -0.2) is 17.1 Å². The van der Waals surface area contributed by atoms with E-state index in [1.165, 1.54) is 4.88 Å². The molecule has 2 heterocycles.